The number of alkyl halides is 3. The smallest absolute Gasteiger partial charge is 0.435 e. The summed E-state index contributed by atoms with van der Waals surface area (Å²) >= 11 is 0. The second-order valence-corrected chi connectivity index (χ2v) is 7.39. The molecule has 3 rings (SSSR count). The van der Waals surface area contributed by atoms with E-state index in [0.717, 1.165) is 17.7 Å². The van der Waals surface area contributed by atoms with Crippen LogP contribution in [-0.4, -0.2) is 33.5 Å². The second-order valence-electron chi connectivity index (χ2n) is 5.72. The van der Waals surface area contributed by atoms with Crippen molar-refractivity contribution in [2.75, 3.05) is 13.2 Å². The average Bonchev–Trinajstić information content (AvgIpc) is 2.61. The van der Waals surface area contributed by atoms with Crippen LogP contribution in [0.3, 0.4) is 0 Å². The minimum atomic E-state index is -4.89. The second kappa shape index (κ2) is 7.10. The molecule has 0 aliphatic carbocycles. The molecule has 1 heterocycles. The number of fused-ring (bicyclic) bond motifs is 1. The van der Waals surface area contributed by atoms with Gasteiger partial charge in [0, 0.05) is 5.56 Å². The number of hydrogen-bond acceptors (Lipinski definition) is 5. The fourth-order valence-corrected chi connectivity index (χ4v) is 3.17. The van der Waals surface area contributed by atoms with Crippen LogP contribution in [0.4, 0.5) is 13.2 Å². The topological polar surface area (TPSA) is 77.0 Å². The van der Waals surface area contributed by atoms with E-state index in [9.17, 15) is 21.6 Å². The van der Waals surface area contributed by atoms with Gasteiger partial charge in [0.25, 0.3) is 10.0 Å². The summed E-state index contributed by atoms with van der Waals surface area (Å²) in [4.78, 5) is 1.45. The summed E-state index contributed by atoms with van der Waals surface area (Å²) in [6, 6.07) is 9.20. The highest BCUT2D eigenvalue weighted by Crippen LogP contribution is 2.33. The number of nitrogens with one attached hydrogen (secondary N) is 1. The lowest BCUT2D eigenvalue weighted by molar-refractivity contribution is -0.0583. The maximum absolute atomic E-state index is 13.4. The van der Waals surface area contributed by atoms with Gasteiger partial charge in [-0.05, 0) is 37.3 Å². The van der Waals surface area contributed by atoms with Crippen LogP contribution in [0.25, 0.3) is 0 Å². The van der Waals surface area contributed by atoms with Gasteiger partial charge in [0.1, 0.15) is 13.2 Å². The Morgan fingerprint density at radius 3 is 2.30 bits per heavy atom. The minimum absolute atomic E-state index is 0.136. The zero-order chi connectivity index (χ0) is 19.7. The van der Waals surface area contributed by atoms with Crippen molar-refractivity contribution in [1.29, 1.82) is 0 Å². The molecule has 0 amide bonds. The van der Waals surface area contributed by atoms with Crippen LogP contribution in [-0.2, 0) is 10.0 Å². The summed E-state index contributed by atoms with van der Waals surface area (Å²) in [5.41, 5.74) is -0.932. The lowest BCUT2D eigenvalue weighted by atomic mass is 10.1. The molecule has 0 saturated heterocycles. The lowest BCUT2D eigenvalue weighted by Crippen LogP contribution is -2.29. The number of sulfonamides is 1. The highest BCUT2D eigenvalue weighted by atomic mass is 32.2. The van der Waals surface area contributed by atoms with Gasteiger partial charge < -0.3 is 9.47 Å². The number of rotatable bonds is 4. The third-order valence-electron chi connectivity index (χ3n) is 3.69. The first-order valence-electron chi connectivity index (χ1n) is 7.80. The Balaban J connectivity index is 1.94. The molecule has 144 valence electrons. The third kappa shape index (κ3) is 4.33. The number of ether oxygens (including phenoxy) is 2. The van der Waals surface area contributed by atoms with Crippen LogP contribution in [0.5, 0.6) is 11.5 Å². The van der Waals surface area contributed by atoms with Crippen molar-refractivity contribution in [2.24, 2.45) is 5.10 Å². The maximum Gasteiger partial charge on any atom is 0.435 e. The zero-order valence-electron chi connectivity index (χ0n) is 14.1. The first kappa shape index (κ1) is 19.0. The van der Waals surface area contributed by atoms with Crippen molar-refractivity contribution in [3.8, 4) is 11.5 Å². The lowest BCUT2D eigenvalue weighted by Gasteiger charge is -2.19. The van der Waals surface area contributed by atoms with E-state index in [1.165, 1.54) is 30.3 Å². The van der Waals surface area contributed by atoms with Gasteiger partial charge in [0.15, 0.2) is 17.2 Å². The van der Waals surface area contributed by atoms with Crippen molar-refractivity contribution in [2.45, 2.75) is 18.0 Å². The molecule has 27 heavy (non-hydrogen) atoms. The summed E-state index contributed by atoms with van der Waals surface area (Å²) in [7, 11) is -4.25. The Morgan fingerprint density at radius 2 is 1.67 bits per heavy atom. The molecule has 0 spiro atoms. The van der Waals surface area contributed by atoms with E-state index >= 15 is 0 Å². The van der Waals surface area contributed by atoms with Crippen molar-refractivity contribution in [1.82, 2.24) is 4.83 Å². The van der Waals surface area contributed by atoms with Crippen molar-refractivity contribution in [3.05, 3.63) is 53.6 Å². The standard InChI is InChI=1S/C17H15F3N2O4S/c1-11-2-5-13(6-3-11)27(23,24)22-21-16(17(18,19)20)12-4-7-14-15(10-12)26-9-8-25-14/h2-7,10,22H,8-9H2,1H3/b21-16-. The molecule has 0 saturated carbocycles. The minimum Gasteiger partial charge on any atom is -0.486 e. The molecule has 0 radical (unpaired) electrons. The third-order valence-corrected chi connectivity index (χ3v) is 4.92. The summed E-state index contributed by atoms with van der Waals surface area (Å²) in [6.45, 7) is 2.25. The Kier molecular flexibility index (Phi) is 5.01. The van der Waals surface area contributed by atoms with Gasteiger partial charge in [-0.3, -0.25) is 0 Å². The van der Waals surface area contributed by atoms with E-state index in [1.807, 2.05) is 0 Å². The molecule has 10 heteroatoms. The van der Waals surface area contributed by atoms with E-state index in [1.54, 1.807) is 11.8 Å². The molecule has 0 aromatic heterocycles. The Labute approximate surface area is 153 Å². The highest BCUT2D eigenvalue weighted by Gasteiger charge is 2.38. The van der Waals surface area contributed by atoms with E-state index < -0.39 is 21.9 Å². The average molecular weight is 400 g/mol. The van der Waals surface area contributed by atoms with Gasteiger partial charge in [-0.1, -0.05) is 17.7 Å². The van der Waals surface area contributed by atoms with Crippen LogP contribution in [0.2, 0.25) is 0 Å². The highest BCUT2D eigenvalue weighted by molar-refractivity contribution is 7.89. The molecule has 0 bridgehead atoms. The normalized spacial score (nSPS) is 14.7. The van der Waals surface area contributed by atoms with Gasteiger partial charge in [-0.25, -0.2) is 0 Å². The summed E-state index contributed by atoms with van der Waals surface area (Å²) in [5.74, 6) is 0.448. The number of halogens is 3. The molecule has 0 atom stereocenters. The van der Waals surface area contributed by atoms with Crippen molar-refractivity contribution < 1.29 is 31.1 Å². The molecule has 1 aliphatic rings. The van der Waals surface area contributed by atoms with E-state index in [2.05, 4.69) is 5.10 Å². The number of hydrogen-bond donors (Lipinski definition) is 1. The SMILES string of the molecule is Cc1ccc(S(=O)(=O)N/N=C(/c2ccc3c(c2)OCCO3)C(F)(F)F)cc1. The Bertz CT molecular complexity index is 971. The predicted octanol–water partition coefficient (Wildman–Crippen LogP) is 3.01. The van der Waals surface area contributed by atoms with E-state index in [4.69, 9.17) is 9.47 Å². The quantitative estimate of drug-likeness (QED) is 0.632. The molecule has 1 aliphatic heterocycles. The maximum atomic E-state index is 13.4. The first-order chi connectivity index (χ1) is 12.7. The number of nitrogens with zero attached hydrogens (tertiary/aromatic N) is 1. The molecule has 0 unspecified atom stereocenters. The van der Waals surface area contributed by atoms with Gasteiger partial charge in [-0.15, -0.1) is 0 Å². The summed E-state index contributed by atoms with van der Waals surface area (Å²) in [6.07, 6.45) is -4.89. The molecule has 2 aromatic rings. The van der Waals surface area contributed by atoms with Gasteiger partial charge >= 0.3 is 6.18 Å². The summed E-state index contributed by atoms with van der Waals surface area (Å²) < 4.78 is 75.2. The zero-order valence-corrected chi connectivity index (χ0v) is 14.9. The molecule has 1 N–H and O–H groups in total. The van der Waals surface area contributed by atoms with Crippen LogP contribution in [0.15, 0.2) is 52.5 Å². The Morgan fingerprint density at radius 1 is 1.04 bits per heavy atom. The largest absolute Gasteiger partial charge is 0.486 e. The van der Waals surface area contributed by atoms with Crippen LogP contribution >= 0.6 is 0 Å². The predicted molar refractivity (Wildman–Crippen MR) is 91.5 cm³/mol. The van der Waals surface area contributed by atoms with Gasteiger partial charge in [-0.2, -0.15) is 31.5 Å². The van der Waals surface area contributed by atoms with Gasteiger partial charge in [0.05, 0.1) is 4.90 Å². The monoisotopic (exact) mass is 400 g/mol. The Hall–Kier alpha value is -2.75. The van der Waals surface area contributed by atoms with E-state index in [-0.39, 0.29) is 22.8 Å². The van der Waals surface area contributed by atoms with E-state index in [0.29, 0.717) is 12.4 Å². The molecule has 2 aromatic carbocycles. The first-order valence-corrected chi connectivity index (χ1v) is 9.28. The fourth-order valence-electron chi connectivity index (χ4n) is 2.36. The number of aryl methyl sites for hydroxylation is 1. The number of hydrazone groups is 1. The molecular formula is C17H15F3N2O4S. The van der Waals surface area contributed by atoms with Crippen LogP contribution in [0.1, 0.15) is 11.1 Å². The van der Waals surface area contributed by atoms with Crippen LogP contribution < -0.4 is 14.3 Å². The molecule has 6 nitrogen and oxygen atoms in total. The molecule has 0 fully saturated rings. The fraction of sp³-hybridized carbons (Fsp3) is 0.235. The van der Waals surface area contributed by atoms with Crippen LogP contribution in [0, 0.1) is 6.92 Å². The van der Waals surface area contributed by atoms with Gasteiger partial charge in [0.2, 0.25) is 0 Å². The van der Waals surface area contributed by atoms with Crippen molar-refractivity contribution in [3.63, 3.8) is 0 Å². The number of benzene rings is 2. The van der Waals surface area contributed by atoms with Crippen molar-refractivity contribution >= 4 is 15.7 Å². The molecular weight excluding hydrogens is 385 g/mol. The summed E-state index contributed by atoms with van der Waals surface area (Å²) in [5, 5.41) is 3.14.